The average Bonchev–Trinajstić information content (AvgIpc) is 1.64. The molecule has 0 saturated carbocycles. The molecule has 0 bridgehead atoms. The van der Waals surface area contributed by atoms with Crippen molar-refractivity contribution < 1.29 is 13.9 Å². The lowest BCUT2D eigenvalue weighted by atomic mass is 10.4. The molecule has 8 heavy (non-hydrogen) atoms. The Balaban J connectivity index is 3.64. The predicted octanol–water partition coefficient (Wildman–Crippen LogP) is -1.13. The normalized spacial score (nSPS) is 22.0. The number of rotatable bonds is 2. The van der Waals surface area contributed by atoms with Crippen molar-refractivity contribution in [1.82, 2.24) is 0 Å². The summed E-state index contributed by atoms with van der Waals surface area (Å²) in [5.41, 5.74) is 4.96. The van der Waals surface area contributed by atoms with Crippen molar-refractivity contribution in [1.29, 1.82) is 0 Å². The summed E-state index contributed by atoms with van der Waals surface area (Å²) >= 11 is -2.11. The van der Waals surface area contributed by atoms with E-state index in [-0.39, 0.29) is 0 Å². The minimum Gasteiger partial charge on any atom is -0.391 e. The molecule has 3 atom stereocenters. The first kappa shape index (κ1) is 8.03. The highest BCUT2D eigenvalue weighted by Gasteiger charge is 2.13. The summed E-state index contributed by atoms with van der Waals surface area (Å²) in [6, 6.07) is 0. The maximum absolute atomic E-state index is 9.97. The van der Waals surface area contributed by atoms with E-state index in [1.807, 2.05) is 0 Å². The summed E-state index contributed by atoms with van der Waals surface area (Å²) in [4.78, 5) is 0. The van der Waals surface area contributed by atoms with Gasteiger partial charge < -0.3 is 15.4 Å². The molecule has 0 aliphatic heterocycles. The van der Waals surface area contributed by atoms with Crippen LogP contribution in [0.4, 0.5) is 0 Å². The van der Waals surface area contributed by atoms with Gasteiger partial charge in [0.15, 0.2) is 11.1 Å². The summed E-state index contributed by atoms with van der Waals surface area (Å²) in [5, 5.41) is 7.47. The topological polar surface area (TPSA) is 83.5 Å². The SMILES string of the molecule is C[C@H](O)[C@@H](N)S(=O)O. The van der Waals surface area contributed by atoms with Crippen molar-refractivity contribution in [3.63, 3.8) is 0 Å². The third-order valence-corrected chi connectivity index (χ3v) is 1.57. The molecule has 4 N–H and O–H groups in total. The van der Waals surface area contributed by atoms with Crippen LogP contribution in [-0.4, -0.2) is 25.3 Å². The fourth-order valence-electron chi connectivity index (χ4n) is 0.168. The third kappa shape index (κ3) is 2.37. The Bertz CT molecular complexity index is 94.5. The largest absolute Gasteiger partial charge is 0.391 e. The van der Waals surface area contributed by atoms with Gasteiger partial charge in [-0.25, -0.2) is 4.21 Å². The Labute approximate surface area is 50.0 Å². The number of hydrogen-bond acceptors (Lipinski definition) is 3. The van der Waals surface area contributed by atoms with Crippen LogP contribution in [0.3, 0.4) is 0 Å². The molecule has 0 aromatic heterocycles. The van der Waals surface area contributed by atoms with E-state index in [4.69, 9.17) is 15.4 Å². The second kappa shape index (κ2) is 3.13. The molecule has 0 aliphatic rings. The molecule has 0 aromatic carbocycles. The van der Waals surface area contributed by atoms with Gasteiger partial charge in [-0.15, -0.1) is 0 Å². The average molecular weight is 139 g/mol. The van der Waals surface area contributed by atoms with E-state index in [0.717, 1.165) is 0 Å². The number of hydrogen-bond donors (Lipinski definition) is 3. The fourth-order valence-corrected chi connectivity index (χ4v) is 0.505. The molecule has 0 aromatic rings. The van der Waals surface area contributed by atoms with E-state index in [1.165, 1.54) is 6.92 Å². The van der Waals surface area contributed by atoms with E-state index in [2.05, 4.69) is 0 Å². The quantitative estimate of drug-likeness (QED) is 0.423. The van der Waals surface area contributed by atoms with Crippen LogP contribution in [0, 0.1) is 0 Å². The minimum atomic E-state index is -2.11. The molecular formula is C3H9NO3S. The summed E-state index contributed by atoms with van der Waals surface area (Å²) in [7, 11) is 0. The Morgan fingerprint density at radius 2 is 2.12 bits per heavy atom. The molecule has 0 saturated heterocycles. The molecular weight excluding hydrogens is 130 g/mol. The first-order chi connectivity index (χ1) is 3.55. The summed E-state index contributed by atoms with van der Waals surface area (Å²) in [6.07, 6.45) is -0.930. The zero-order chi connectivity index (χ0) is 6.73. The van der Waals surface area contributed by atoms with Crippen LogP contribution in [0.1, 0.15) is 6.92 Å². The molecule has 5 heteroatoms. The summed E-state index contributed by atoms with van der Waals surface area (Å²) < 4.78 is 18.1. The van der Waals surface area contributed by atoms with Gasteiger partial charge in [0.1, 0.15) is 5.37 Å². The second-order valence-electron chi connectivity index (χ2n) is 1.48. The highest BCUT2D eigenvalue weighted by Crippen LogP contribution is 1.90. The Morgan fingerprint density at radius 1 is 1.75 bits per heavy atom. The van der Waals surface area contributed by atoms with Gasteiger partial charge in [0.2, 0.25) is 0 Å². The molecule has 50 valence electrons. The van der Waals surface area contributed by atoms with Crippen molar-refractivity contribution in [2.75, 3.05) is 0 Å². The zero-order valence-corrected chi connectivity index (χ0v) is 5.26. The molecule has 0 heterocycles. The maximum atomic E-state index is 9.97. The molecule has 0 radical (unpaired) electrons. The van der Waals surface area contributed by atoms with Crippen molar-refractivity contribution in [3.05, 3.63) is 0 Å². The lowest BCUT2D eigenvalue weighted by Gasteiger charge is -2.07. The Hall–Kier alpha value is 0.0300. The van der Waals surface area contributed by atoms with E-state index in [1.54, 1.807) is 0 Å². The van der Waals surface area contributed by atoms with Gasteiger partial charge in [-0.05, 0) is 6.92 Å². The van der Waals surface area contributed by atoms with Gasteiger partial charge in [0.05, 0.1) is 6.10 Å². The maximum Gasteiger partial charge on any atom is 0.173 e. The smallest absolute Gasteiger partial charge is 0.173 e. The number of nitrogens with two attached hydrogens (primary N) is 1. The molecule has 0 fully saturated rings. The van der Waals surface area contributed by atoms with Crippen LogP contribution < -0.4 is 5.73 Å². The third-order valence-electron chi connectivity index (χ3n) is 0.708. The van der Waals surface area contributed by atoms with Gasteiger partial charge in [0.25, 0.3) is 0 Å². The molecule has 0 rings (SSSR count). The zero-order valence-electron chi connectivity index (χ0n) is 4.44. The van der Waals surface area contributed by atoms with Crippen LogP contribution in [-0.2, 0) is 11.1 Å². The van der Waals surface area contributed by atoms with Crippen LogP contribution in [0.15, 0.2) is 0 Å². The summed E-state index contributed by atoms with van der Waals surface area (Å²) in [5.74, 6) is 0. The highest BCUT2D eigenvalue weighted by molar-refractivity contribution is 7.79. The van der Waals surface area contributed by atoms with Crippen LogP contribution in [0.2, 0.25) is 0 Å². The van der Waals surface area contributed by atoms with Gasteiger partial charge in [-0.3, -0.25) is 0 Å². The Morgan fingerprint density at radius 3 is 2.12 bits per heavy atom. The molecule has 0 spiro atoms. The number of aliphatic hydroxyl groups is 1. The standard InChI is InChI=1S/C3H9NO3S/c1-2(5)3(4)8(6)7/h2-3,5H,4H2,1H3,(H,6,7)/t2-,3-/m0/s1. The molecule has 1 unspecified atom stereocenters. The minimum absolute atomic E-state index is 0.930. The lowest BCUT2D eigenvalue weighted by molar-refractivity contribution is 0.188. The molecule has 0 aliphatic carbocycles. The Kier molecular flexibility index (Phi) is 3.15. The van der Waals surface area contributed by atoms with Gasteiger partial charge in [-0.2, -0.15) is 0 Å². The first-order valence-electron chi connectivity index (χ1n) is 2.09. The predicted molar refractivity (Wildman–Crippen MR) is 30.4 cm³/mol. The highest BCUT2D eigenvalue weighted by atomic mass is 32.2. The van der Waals surface area contributed by atoms with Crippen LogP contribution in [0.25, 0.3) is 0 Å². The first-order valence-corrected chi connectivity index (χ1v) is 3.26. The van der Waals surface area contributed by atoms with Crippen molar-refractivity contribution in [2.24, 2.45) is 5.73 Å². The monoisotopic (exact) mass is 139 g/mol. The molecule has 4 nitrogen and oxygen atoms in total. The molecule has 0 amide bonds. The van der Waals surface area contributed by atoms with Gasteiger partial charge >= 0.3 is 0 Å². The van der Waals surface area contributed by atoms with E-state index in [9.17, 15) is 4.21 Å². The lowest BCUT2D eigenvalue weighted by Crippen LogP contribution is -2.36. The summed E-state index contributed by atoms with van der Waals surface area (Å²) in [6.45, 7) is 1.36. The second-order valence-corrected chi connectivity index (χ2v) is 2.58. The van der Waals surface area contributed by atoms with E-state index < -0.39 is 22.6 Å². The van der Waals surface area contributed by atoms with E-state index in [0.29, 0.717) is 0 Å². The van der Waals surface area contributed by atoms with Crippen LogP contribution in [0.5, 0.6) is 0 Å². The van der Waals surface area contributed by atoms with Gasteiger partial charge in [0, 0.05) is 0 Å². The van der Waals surface area contributed by atoms with Crippen molar-refractivity contribution in [3.8, 4) is 0 Å². The van der Waals surface area contributed by atoms with Crippen molar-refractivity contribution >= 4 is 11.1 Å². The van der Waals surface area contributed by atoms with Crippen LogP contribution >= 0.6 is 0 Å². The number of aliphatic hydroxyl groups excluding tert-OH is 1. The van der Waals surface area contributed by atoms with Gasteiger partial charge in [-0.1, -0.05) is 0 Å². The van der Waals surface area contributed by atoms with E-state index >= 15 is 0 Å². The van der Waals surface area contributed by atoms with Crippen molar-refractivity contribution in [2.45, 2.75) is 18.4 Å². The fraction of sp³-hybridized carbons (Fsp3) is 1.00.